The number of aliphatic imine (C=N–C) groups is 1. The number of carbonyl (C=O) groups excluding carboxylic acids is 2. The summed E-state index contributed by atoms with van der Waals surface area (Å²) >= 11 is 0. The van der Waals surface area contributed by atoms with E-state index in [9.17, 15) is 19.5 Å². The molecular formula is C15H26N8O4. The van der Waals surface area contributed by atoms with Gasteiger partial charge in [-0.3, -0.25) is 14.6 Å². The summed E-state index contributed by atoms with van der Waals surface area (Å²) in [6.45, 7) is 1.73. The fourth-order valence-electron chi connectivity index (χ4n) is 2.16. The SMILES string of the molecule is CC(N)C(=O)NC(CCCN=C(N)N)C(=O)NC(Cc1cnc[nH]1)C(=O)O. The van der Waals surface area contributed by atoms with Crippen molar-refractivity contribution in [3.8, 4) is 0 Å². The second-order valence-electron chi connectivity index (χ2n) is 5.98. The van der Waals surface area contributed by atoms with E-state index in [0.717, 1.165) is 0 Å². The van der Waals surface area contributed by atoms with E-state index in [1.54, 1.807) is 0 Å². The third-order valence-electron chi connectivity index (χ3n) is 3.59. The molecule has 1 rings (SSSR count). The number of imidazole rings is 1. The summed E-state index contributed by atoms with van der Waals surface area (Å²) in [7, 11) is 0. The van der Waals surface area contributed by atoms with E-state index in [-0.39, 0.29) is 25.3 Å². The van der Waals surface area contributed by atoms with Crippen LogP contribution in [0.4, 0.5) is 0 Å². The minimum atomic E-state index is -1.21. The number of nitrogens with zero attached hydrogens (tertiary/aromatic N) is 2. The molecule has 0 radical (unpaired) electrons. The normalized spacial score (nSPS) is 13.9. The highest BCUT2D eigenvalue weighted by Crippen LogP contribution is 2.03. The zero-order valence-electron chi connectivity index (χ0n) is 15.0. The third-order valence-corrected chi connectivity index (χ3v) is 3.59. The summed E-state index contributed by atoms with van der Waals surface area (Å²) in [6, 6.07) is -2.98. The summed E-state index contributed by atoms with van der Waals surface area (Å²) in [4.78, 5) is 46.2. The lowest BCUT2D eigenvalue weighted by Gasteiger charge is -2.22. The number of hydrogen-bond acceptors (Lipinski definition) is 6. The molecule has 2 amide bonds. The van der Waals surface area contributed by atoms with Crippen LogP contribution in [0.5, 0.6) is 0 Å². The van der Waals surface area contributed by atoms with E-state index >= 15 is 0 Å². The first kappa shape index (κ1) is 21.9. The zero-order valence-corrected chi connectivity index (χ0v) is 15.0. The molecule has 3 atom stereocenters. The Labute approximate surface area is 156 Å². The van der Waals surface area contributed by atoms with Crippen molar-refractivity contribution < 1.29 is 19.5 Å². The fourth-order valence-corrected chi connectivity index (χ4v) is 2.16. The number of carboxylic acid groups (broad SMARTS) is 1. The third kappa shape index (κ3) is 8.18. The smallest absolute Gasteiger partial charge is 0.326 e. The highest BCUT2D eigenvalue weighted by molar-refractivity contribution is 5.91. The molecule has 1 aromatic rings. The number of aromatic amines is 1. The van der Waals surface area contributed by atoms with Crippen LogP contribution in [0.25, 0.3) is 0 Å². The number of guanidine groups is 1. The maximum atomic E-state index is 12.5. The van der Waals surface area contributed by atoms with Crippen LogP contribution >= 0.6 is 0 Å². The van der Waals surface area contributed by atoms with Crippen LogP contribution in [-0.2, 0) is 20.8 Å². The Morgan fingerprint density at radius 1 is 1.26 bits per heavy atom. The van der Waals surface area contributed by atoms with Crippen LogP contribution in [-0.4, -0.2) is 63.5 Å². The van der Waals surface area contributed by atoms with E-state index in [4.69, 9.17) is 17.2 Å². The largest absolute Gasteiger partial charge is 0.480 e. The first-order valence-electron chi connectivity index (χ1n) is 8.32. The number of nitrogens with two attached hydrogens (primary N) is 3. The maximum Gasteiger partial charge on any atom is 0.326 e. The van der Waals surface area contributed by atoms with Crippen LogP contribution in [0.1, 0.15) is 25.5 Å². The van der Waals surface area contributed by atoms with Crippen molar-refractivity contribution in [3.63, 3.8) is 0 Å². The number of carboxylic acids is 1. The molecule has 0 aliphatic carbocycles. The first-order chi connectivity index (χ1) is 12.7. The Morgan fingerprint density at radius 2 is 1.93 bits per heavy atom. The number of H-pyrrole nitrogens is 1. The van der Waals surface area contributed by atoms with Crippen molar-refractivity contribution in [3.05, 3.63) is 18.2 Å². The molecular weight excluding hydrogens is 356 g/mol. The predicted octanol–water partition coefficient (Wildman–Crippen LogP) is -2.59. The Kier molecular flexibility index (Phi) is 8.72. The lowest BCUT2D eigenvalue weighted by Crippen LogP contribution is -2.54. The lowest BCUT2D eigenvalue weighted by atomic mass is 10.1. The van der Waals surface area contributed by atoms with Gasteiger partial charge >= 0.3 is 5.97 Å². The number of aromatic nitrogens is 2. The van der Waals surface area contributed by atoms with E-state index in [1.165, 1.54) is 19.4 Å². The summed E-state index contributed by atoms with van der Waals surface area (Å²) in [5.74, 6) is -2.46. The summed E-state index contributed by atoms with van der Waals surface area (Å²) in [5, 5.41) is 14.3. The second-order valence-corrected chi connectivity index (χ2v) is 5.98. The highest BCUT2D eigenvalue weighted by atomic mass is 16.4. The van der Waals surface area contributed by atoms with Crippen molar-refractivity contribution in [2.45, 2.75) is 44.3 Å². The first-order valence-corrected chi connectivity index (χ1v) is 8.32. The van der Waals surface area contributed by atoms with Gasteiger partial charge in [0, 0.05) is 24.9 Å². The van der Waals surface area contributed by atoms with Crippen LogP contribution in [0.3, 0.4) is 0 Å². The lowest BCUT2D eigenvalue weighted by molar-refractivity contribution is -0.142. The summed E-state index contributed by atoms with van der Waals surface area (Å²) < 4.78 is 0. The number of nitrogens with one attached hydrogen (secondary N) is 3. The number of rotatable bonds is 11. The quantitative estimate of drug-likeness (QED) is 0.122. The van der Waals surface area contributed by atoms with Crippen LogP contribution in [0, 0.1) is 0 Å². The van der Waals surface area contributed by atoms with Crippen molar-refractivity contribution in [1.29, 1.82) is 0 Å². The van der Waals surface area contributed by atoms with Gasteiger partial charge in [0.25, 0.3) is 0 Å². The fraction of sp³-hybridized carbons (Fsp3) is 0.533. The van der Waals surface area contributed by atoms with E-state index in [1.807, 2.05) is 0 Å². The minimum Gasteiger partial charge on any atom is -0.480 e. The molecule has 0 bridgehead atoms. The van der Waals surface area contributed by atoms with Crippen molar-refractivity contribution in [1.82, 2.24) is 20.6 Å². The number of carbonyl (C=O) groups is 3. The number of hydrogen-bond donors (Lipinski definition) is 7. The molecule has 0 spiro atoms. The molecule has 1 aromatic heterocycles. The number of aliphatic carboxylic acids is 1. The van der Waals surface area contributed by atoms with Gasteiger partial charge in [0.05, 0.1) is 12.4 Å². The monoisotopic (exact) mass is 382 g/mol. The van der Waals surface area contributed by atoms with Gasteiger partial charge in [-0.15, -0.1) is 0 Å². The standard InChI is InChI=1S/C15H26N8O4/c1-8(16)12(24)22-10(3-2-4-20-15(17)18)13(25)23-11(14(26)27)5-9-6-19-7-21-9/h6-8,10-11H,2-5,16H2,1H3,(H,19,21)(H,22,24)(H,23,25)(H,26,27)(H4,17,18,20). The molecule has 0 aliphatic rings. The van der Waals surface area contributed by atoms with Gasteiger partial charge in [-0.1, -0.05) is 0 Å². The molecule has 1 heterocycles. The van der Waals surface area contributed by atoms with Gasteiger partial charge in [0.15, 0.2) is 5.96 Å². The summed E-state index contributed by atoms with van der Waals surface area (Å²) in [5.41, 5.74) is 16.5. The minimum absolute atomic E-state index is 0.0169. The molecule has 12 nitrogen and oxygen atoms in total. The van der Waals surface area contributed by atoms with Crippen LogP contribution in [0.15, 0.2) is 17.5 Å². The summed E-state index contributed by atoms with van der Waals surface area (Å²) in [6.07, 6.45) is 3.49. The van der Waals surface area contributed by atoms with Crippen molar-refractivity contribution in [2.24, 2.45) is 22.2 Å². The molecule has 0 saturated carbocycles. The highest BCUT2D eigenvalue weighted by Gasteiger charge is 2.27. The molecule has 0 aromatic carbocycles. The second kappa shape index (κ2) is 10.8. The maximum absolute atomic E-state index is 12.5. The molecule has 10 N–H and O–H groups in total. The van der Waals surface area contributed by atoms with Gasteiger partial charge < -0.3 is 37.9 Å². The molecule has 0 aliphatic heterocycles. The van der Waals surface area contributed by atoms with Gasteiger partial charge in [0.1, 0.15) is 12.1 Å². The Hall–Kier alpha value is -3.15. The van der Waals surface area contributed by atoms with E-state index in [2.05, 4.69) is 25.6 Å². The Bertz CT molecular complexity index is 655. The Morgan fingerprint density at radius 3 is 2.44 bits per heavy atom. The predicted molar refractivity (Wildman–Crippen MR) is 97.3 cm³/mol. The molecule has 27 heavy (non-hydrogen) atoms. The van der Waals surface area contributed by atoms with Gasteiger partial charge in [-0.05, 0) is 19.8 Å². The van der Waals surface area contributed by atoms with Gasteiger partial charge in [0.2, 0.25) is 11.8 Å². The van der Waals surface area contributed by atoms with Gasteiger partial charge in [-0.2, -0.15) is 0 Å². The van der Waals surface area contributed by atoms with Crippen molar-refractivity contribution in [2.75, 3.05) is 6.54 Å². The molecule has 150 valence electrons. The Balaban J connectivity index is 2.77. The molecule has 3 unspecified atom stereocenters. The molecule has 12 heteroatoms. The van der Waals surface area contributed by atoms with E-state index < -0.39 is 35.9 Å². The van der Waals surface area contributed by atoms with Crippen LogP contribution < -0.4 is 27.8 Å². The molecule has 0 fully saturated rings. The van der Waals surface area contributed by atoms with Gasteiger partial charge in [-0.25, -0.2) is 9.78 Å². The topological polar surface area (TPSA) is 215 Å². The van der Waals surface area contributed by atoms with Crippen LogP contribution in [0.2, 0.25) is 0 Å². The molecule has 0 saturated heterocycles. The average Bonchev–Trinajstić information content (AvgIpc) is 3.09. The van der Waals surface area contributed by atoms with E-state index in [0.29, 0.717) is 12.1 Å². The zero-order chi connectivity index (χ0) is 20.4. The van der Waals surface area contributed by atoms with Crippen molar-refractivity contribution >= 4 is 23.7 Å². The average molecular weight is 382 g/mol. The number of amides is 2.